The highest BCUT2D eigenvalue weighted by molar-refractivity contribution is 8.18. The van der Waals surface area contributed by atoms with Gasteiger partial charge in [-0.2, -0.15) is 0 Å². The highest BCUT2D eigenvalue weighted by Crippen LogP contribution is 2.36. The van der Waals surface area contributed by atoms with E-state index in [1.807, 2.05) is 0 Å². The molecule has 0 aromatic heterocycles. The van der Waals surface area contributed by atoms with Crippen LogP contribution in [0.4, 0.5) is 5.69 Å². The van der Waals surface area contributed by atoms with E-state index in [9.17, 15) is 9.90 Å². The fourth-order valence-electron chi connectivity index (χ4n) is 1.97. The lowest BCUT2D eigenvalue weighted by atomic mass is 10.2. The Bertz CT molecular complexity index is 897. The summed E-state index contributed by atoms with van der Waals surface area (Å²) >= 11 is 19.0. The lowest BCUT2D eigenvalue weighted by molar-refractivity contribution is -0.115. The summed E-state index contributed by atoms with van der Waals surface area (Å²) in [6.07, 6.45) is 1.50. The van der Waals surface area contributed by atoms with Crippen LogP contribution in [0.3, 0.4) is 0 Å². The van der Waals surface area contributed by atoms with Crippen LogP contribution < -0.4 is 5.32 Å². The number of carbonyl (C=O) groups excluding carboxylic acids is 1. The number of hydrogen-bond donors (Lipinski definition) is 2. The second-order valence-electron chi connectivity index (χ2n) is 4.76. The Labute approximate surface area is 157 Å². The second-order valence-corrected chi connectivity index (χ2v) is 7.04. The van der Waals surface area contributed by atoms with E-state index in [1.165, 1.54) is 18.2 Å². The molecule has 8 heteroatoms. The van der Waals surface area contributed by atoms with Crippen LogP contribution in [0.5, 0.6) is 5.75 Å². The van der Waals surface area contributed by atoms with Crippen LogP contribution >= 0.6 is 46.6 Å². The number of amidine groups is 1. The Kier molecular flexibility index (Phi) is 5.06. The average Bonchev–Trinajstić information content (AvgIpc) is 2.86. The van der Waals surface area contributed by atoms with Crippen molar-refractivity contribution in [2.45, 2.75) is 0 Å². The van der Waals surface area contributed by atoms with Gasteiger partial charge in [-0.25, -0.2) is 4.99 Å². The molecule has 2 aromatic rings. The smallest absolute Gasteiger partial charge is 0.264 e. The summed E-state index contributed by atoms with van der Waals surface area (Å²) in [5.41, 5.74) is 0.904. The molecule has 0 saturated carbocycles. The summed E-state index contributed by atoms with van der Waals surface area (Å²) in [5, 5.41) is 14.0. The molecule has 0 bridgehead atoms. The number of phenols is 1. The molecular formula is C16H9Cl3N2O2S. The van der Waals surface area contributed by atoms with Crippen molar-refractivity contribution in [2.75, 3.05) is 0 Å². The summed E-state index contributed by atoms with van der Waals surface area (Å²) in [4.78, 5) is 16.8. The fraction of sp³-hybridized carbons (Fsp3) is 0. The van der Waals surface area contributed by atoms with Gasteiger partial charge < -0.3 is 10.4 Å². The minimum Gasteiger partial charge on any atom is -0.506 e. The summed E-state index contributed by atoms with van der Waals surface area (Å²) in [6.45, 7) is 0. The van der Waals surface area contributed by atoms with Crippen molar-refractivity contribution in [3.8, 4) is 5.75 Å². The minimum absolute atomic E-state index is 0.114. The largest absolute Gasteiger partial charge is 0.506 e. The van der Waals surface area contributed by atoms with Gasteiger partial charge in [-0.3, -0.25) is 4.79 Å². The van der Waals surface area contributed by atoms with E-state index in [2.05, 4.69) is 10.3 Å². The quantitative estimate of drug-likeness (QED) is 0.678. The van der Waals surface area contributed by atoms with Crippen LogP contribution in [0.25, 0.3) is 6.08 Å². The van der Waals surface area contributed by atoms with Gasteiger partial charge in [0.2, 0.25) is 0 Å². The average molecular weight is 400 g/mol. The molecule has 0 aliphatic carbocycles. The molecule has 2 aromatic carbocycles. The van der Waals surface area contributed by atoms with Crippen molar-refractivity contribution >= 4 is 69.4 Å². The maximum Gasteiger partial charge on any atom is 0.264 e. The number of para-hydroxylation sites is 1. The van der Waals surface area contributed by atoms with E-state index >= 15 is 0 Å². The molecule has 4 nitrogen and oxygen atoms in total. The van der Waals surface area contributed by atoms with Gasteiger partial charge in [0.1, 0.15) is 5.75 Å². The predicted octanol–water partition coefficient (Wildman–Crippen LogP) is 5.24. The number of phenolic OH excluding ortho intramolecular Hbond substituents is 1. The molecule has 1 aliphatic heterocycles. The van der Waals surface area contributed by atoms with Gasteiger partial charge in [0.25, 0.3) is 5.91 Å². The zero-order valence-corrected chi connectivity index (χ0v) is 15.0. The third kappa shape index (κ3) is 3.70. The van der Waals surface area contributed by atoms with Crippen molar-refractivity contribution < 1.29 is 9.90 Å². The Morgan fingerprint density at radius 1 is 1.12 bits per heavy atom. The number of aromatic hydroxyl groups is 1. The molecule has 1 amide bonds. The second kappa shape index (κ2) is 7.07. The van der Waals surface area contributed by atoms with E-state index in [0.717, 1.165) is 11.8 Å². The summed E-state index contributed by atoms with van der Waals surface area (Å²) in [5.74, 6) is -0.472. The molecular weight excluding hydrogens is 391 g/mol. The number of nitrogens with one attached hydrogen (secondary N) is 1. The molecule has 122 valence electrons. The third-order valence-electron chi connectivity index (χ3n) is 3.07. The summed E-state index contributed by atoms with van der Waals surface area (Å²) < 4.78 is 0. The van der Waals surface area contributed by atoms with Crippen LogP contribution in [0.1, 0.15) is 5.56 Å². The maximum atomic E-state index is 12.1. The highest BCUT2D eigenvalue weighted by Gasteiger charge is 2.24. The van der Waals surface area contributed by atoms with Gasteiger partial charge in [0.15, 0.2) is 5.17 Å². The predicted molar refractivity (Wildman–Crippen MR) is 100 cm³/mol. The van der Waals surface area contributed by atoms with Crippen molar-refractivity contribution in [1.82, 2.24) is 5.32 Å². The molecule has 3 rings (SSSR count). The van der Waals surface area contributed by atoms with Gasteiger partial charge in [-0.05, 0) is 42.1 Å². The number of thioether (sulfide) groups is 1. The monoisotopic (exact) mass is 398 g/mol. The molecule has 2 N–H and O–H groups in total. The molecule has 1 fully saturated rings. The number of amides is 1. The Hall–Kier alpha value is -1.66. The van der Waals surface area contributed by atoms with Crippen LogP contribution in [-0.2, 0) is 4.79 Å². The summed E-state index contributed by atoms with van der Waals surface area (Å²) in [7, 11) is 0. The van der Waals surface area contributed by atoms with Crippen LogP contribution in [0, 0.1) is 0 Å². The molecule has 0 unspecified atom stereocenters. The number of aliphatic imine (C=N–C) groups is 1. The zero-order valence-electron chi connectivity index (χ0n) is 11.9. The lowest BCUT2D eigenvalue weighted by Gasteiger charge is -2.03. The van der Waals surface area contributed by atoms with Crippen molar-refractivity contribution in [2.24, 2.45) is 4.99 Å². The molecule has 1 heterocycles. The van der Waals surface area contributed by atoms with Gasteiger partial charge in [-0.1, -0.05) is 46.9 Å². The van der Waals surface area contributed by atoms with Crippen LogP contribution in [0.15, 0.2) is 46.3 Å². The van der Waals surface area contributed by atoms with Crippen LogP contribution in [-0.4, -0.2) is 16.2 Å². The van der Waals surface area contributed by atoms with E-state index in [-0.39, 0.29) is 16.7 Å². The van der Waals surface area contributed by atoms with Crippen molar-refractivity contribution in [1.29, 1.82) is 0 Å². The first-order valence-electron chi connectivity index (χ1n) is 6.66. The molecule has 24 heavy (non-hydrogen) atoms. The topological polar surface area (TPSA) is 61.7 Å². The van der Waals surface area contributed by atoms with E-state index < -0.39 is 0 Å². The maximum absolute atomic E-state index is 12.1. The van der Waals surface area contributed by atoms with E-state index in [0.29, 0.717) is 31.4 Å². The molecule has 0 spiro atoms. The molecule has 0 radical (unpaired) electrons. The number of hydrogen-bond acceptors (Lipinski definition) is 4. The Morgan fingerprint density at radius 3 is 2.62 bits per heavy atom. The van der Waals surface area contributed by atoms with Gasteiger partial charge in [-0.15, -0.1) is 0 Å². The minimum atomic E-state index is -0.332. The molecule has 1 saturated heterocycles. The van der Waals surface area contributed by atoms with Gasteiger partial charge >= 0.3 is 0 Å². The number of benzene rings is 2. The fourth-order valence-corrected chi connectivity index (χ4v) is 3.48. The van der Waals surface area contributed by atoms with Gasteiger partial charge in [0, 0.05) is 10.6 Å². The molecule has 1 aliphatic rings. The Morgan fingerprint density at radius 2 is 1.88 bits per heavy atom. The SMILES string of the molecule is O=C1NC(=Nc2ccccc2Cl)S/C1=C\c1cc(Cl)cc(Cl)c1O. The number of nitrogens with zero attached hydrogens (tertiary/aromatic N) is 1. The highest BCUT2D eigenvalue weighted by atomic mass is 35.5. The first kappa shape index (κ1) is 17.2. The van der Waals surface area contributed by atoms with Crippen molar-refractivity contribution in [3.63, 3.8) is 0 Å². The lowest BCUT2D eigenvalue weighted by Crippen LogP contribution is -2.19. The number of rotatable bonds is 2. The first-order valence-corrected chi connectivity index (χ1v) is 8.61. The Balaban J connectivity index is 1.92. The third-order valence-corrected chi connectivity index (χ3v) is 4.81. The van der Waals surface area contributed by atoms with Gasteiger partial charge in [0.05, 0.1) is 20.6 Å². The zero-order chi connectivity index (χ0) is 17.3. The number of halogens is 3. The van der Waals surface area contributed by atoms with E-state index in [1.54, 1.807) is 24.3 Å². The van der Waals surface area contributed by atoms with Crippen LogP contribution in [0.2, 0.25) is 15.1 Å². The van der Waals surface area contributed by atoms with Crippen molar-refractivity contribution in [3.05, 3.63) is 61.9 Å². The normalized spacial score (nSPS) is 17.5. The standard InChI is InChI=1S/C16H9Cl3N2O2S/c17-9-5-8(14(22)11(19)7-9)6-13-15(23)21-16(24-13)20-12-4-2-1-3-10(12)18/h1-7,22H,(H,20,21,23)/b13-6-. The molecule has 0 atom stereocenters. The van der Waals surface area contributed by atoms with E-state index in [4.69, 9.17) is 34.8 Å². The summed E-state index contributed by atoms with van der Waals surface area (Å²) in [6, 6.07) is 10.00. The number of carbonyl (C=O) groups is 1. The first-order chi connectivity index (χ1) is 11.4.